The number of nitrogens with zero attached hydrogens (tertiary/aromatic N) is 2. The van der Waals surface area contributed by atoms with Crippen LogP contribution in [0, 0.1) is 0 Å². The summed E-state index contributed by atoms with van der Waals surface area (Å²) in [4.78, 5) is 12.1. The van der Waals surface area contributed by atoms with Crippen molar-refractivity contribution in [2.75, 3.05) is 6.54 Å². The number of hydrogen-bond donors (Lipinski definition) is 2. The molecule has 1 unspecified atom stereocenters. The highest BCUT2D eigenvalue weighted by Gasteiger charge is 2.16. The van der Waals surface area contributed by atoms with Crippen molar-refractivity contribution in [3.05, 3.63) is 60.3 Å². The van der Waals surface area contributed by atoms with Gasteiger partial charge in [-0.3, -0.25) is 4.98 Å². The summed E-state index contributed by atoms with van der Waals surface area (Å²) < 4.78 is 0. The molecule has 1 atom stereocenters. The second-order valence-corrected chi connectivity index (χ2v) is 4.82. The Kier molecular flexibility index (Phi) is 3.74. The number of aromatic amines is 1. The number of nitrogens with one attached hydrogen (secondary N) is 2. The molecule has 0 amide bonds. The molecular weight excluding hydrogens is 248 g/mol. The molecule has 3 rings (SSSR count). The van der Waals surface area contributed by atoms with Crippen LogP contribution >= 0.6 is 0 Å². The quantitative estimate of drug-likeness (QED) is 0.746. The largest absolute Gasteiger partial charge is 0.347 e. The van der Waals surface area contributed by atoms with Crippen LogP contribution in [0.4, 0.5) is 0 Å². The molecule has 0 saturated carbocycles. The van der Waals surface area contributed by atoms with Gasteiger partial charge in [-0.25, -0.2) is 4.98 Å². The van der Waals surface area contributed by atoms with Gasteiger partial charge in [0.15, 0.2) is 0 Å². The fraction of sp³-hybridized carbons (Fsp3) is 0.250. The van der Waals surface area contributed by atoms with E-state index in [0.717, 1.165) is 35.3 Å². The Hall–Kier alpha value is -2.20. The van der Waals surface area contributed by atoms with Gasteiger partial charge in [0.2, 0.25) is 0 Å². The summed E-state index contributed by atoms with van der Waals surface area (Å²) in [5.41, 5.74) is 2.15. The van der Waals surface area contributed by atoms with E-state index in [9.17, 15) is 0 Å². The van der Waals surface area contributed by atoms with Crippen LogP contribution in [0.1, 0.15) is 30.8 Å². The van der Waals surface area contributed by atoms with Crippen LogP contribution in [0.15, 0.2) is 48.9 Å². The molecule has 2 aromatic heterocycles. The molecule has 0 aliphatic carbocycles. The van der Waals surface area contributed by atoms with Crippen LogP contribution in [0.25, 0.3) is 10.9 Å². The first-order valence-corrected chi connectivity index (χ1v) is 6.96. The van der Waals surface area contributed by atoms with Crippen molar-refractivity contribution in [3.63, 3.8) is 0 Å². The van der Waals surface area contributed by atoms with Gasteiger partial charge in [-0.15, -0.1) is 0 Å². The highest BCUT2D eigenvalue weighted by molar-refractivity contribution is 5.78. The van der Waals surface area contributed by atoms with Gasteiger partial charge in [-0.2, -0.15) is 0 Å². The summed E-state index contributed by atoms with van der Waals surface area (Å²) >= 11 is 0. The predicted molar refractivity (Wildman–Crippen MR) is 80.5 cm³/mol. The summed E-state index contributed by atoms with van der Waals surface area (Å²) in [6.45, 7) is 3.10. The van der Waals surface area contributed by atoms with Crippen molar-refractivity contribution >= 4 is 10.9 Å². The van der Waals surface area contributed by atoms with Crippen LogP contribution in [-0.2, 0) is 0 Å². The number of aromatic nitrogens is 3. The first-order chi connectivity index (χ1) is 9.88. The molecule has 0 radical (unpaired) electrons. The normalized spacial score (nSPS) is 12.7. The van der Waals surface area contributed by atoms with Gasteiger partial charge in [0.05, 0.1) is 11.6 Å². The monoisotopic (exact) mass is 266 g/mol. The fourth-order valence-electron chi connectivity index (χ4n) is 2.34. The highest BCUT2D eigenvalue weighted by Crippen LogP contribution is 2.22. The van der Waals surface area contributed by atoms with Crippen molar-refractivity contribution < 1.29 is 0 Å². The van der Waals surface area contributed by atoms with E-state index in [1.165, 1.54) is 0 Å². The third kappa shape index (κ3) is 2.56. The lowest BCUT2D eigenvalue weighted by Crippen LogP contribution is -2.24. The molecule has 0 spiro atoms. The third-order valence-electron chi connectivity index (χ3n) is 3.34. The van der Waals surface area contributed by atoms with Crippen molar-refractivity contribution in [2.45, 2.75) is 19.4 Å². The number of para-hydroxylation sites is 1. The number of benzene rings is 1. The molecule has 4 nitrogen and oxygen atoms in total. The van der Waals surface area contributed by atoms with Crippen molar-refractivity contribution in [2.24, 2.45) is 0 Å². The average Bonchev–Trinajstić information content (AvgIpc) is 3.02. The molecule has 0 aliphatic heterocycles. The van der Waals surface area contributed by atoms with E-state index in [2.05, 4.69) is 39.3 Å². The topological polar surface area (TPSA) is 53.6 Å². The van der Waals surface area contributed by atoms with E-state index in [1.54, 1.807) is 6.20 Å². The second-order valence-electron chi connectivity index (χ2n) is 4.82. The minimum atomic E-state index is 0.0575. The molecule has 1 aromatic carbocycles. The average molecular weight is 266 g/mol. The lowest BCUT2D eigenvalue weighted by molar-refractivity contribution is 0.576. The third-order valence-corrected chi connectivity index (χ3v) is 3.34. The Labute approximate surface area is 118 Å². The zero-order chi connectivity index (χ0) is 13.8. The smallest absolute Gasteiger partial charge is 0.127 e. The molecule has 2 N–H and O–H groups in total. The molecule has 0 bridgehead atoms. The van der Waals surface area contributed by atoms with Crippen LogP contribution in [0.2, 0.25) is 0 Å². The molecular formula is C16H18N4. The van der Waals surface area contributed by atoms with E-state index >= 15 is 0 Å². The van der Waals surface area contributed by atoms with Gasteiger partial charge in [-0.05, 0) is 30.7 Å². The van der Waals surface area contributed by atoms with Crippen LogP contribution in [0.3, 0.4) is 0 Å². The van der Waals surface area contributed by atoms with Gasteiger partial charge >= 0.3 is 0 Å². The molecule has 2 heterocycles. The van der Waals surface area contributed by atoms with Crippen molar-refractivity contribution in [1.82, 2.24) is 20.3 Å². The van der Waals surface area contributed by atoms with Crippen LogP contribution in [-0.4, -0.2) is 21.5 Å². The first kappa shape index (κ1) is 12.8. The lowest BCUT2D eigenvalue weighted by Gasteiger charge is -2.17. The zero-order valence-electron chi connectivity index (χ0n) is 11.5. The maximum Gasteiger partial charge on any atom is 0.127 e. The van der Waals surface area contributed by atoms with Gasteiger partial charge in [0, 0.05) is 24.0 Å². The summed E-state index contributed by atoms with van der Waals surface area (Å²) in [7, 11) is 0. The highest BCUT2D eigenvalue weighted by atomic mass is 15.0. The molecule has 0 fully saturated rings. The first-order valence-electron chi connectivity index (χ1n) is 6.96. The number of rotatable bonds is 5. The van der Waals surface area contributed by atoms with Gasteiger partial charge in [-0.1, -0.05) is 25.1 Å². The van der Waals surface area contributed by atoms with Crippen LogP contribution < -0.4 is 5.32 Å². The van der Waals surface area contributed by atoms with E-state index in [0.29, 0.717) is 0 Å². The van der Waals surface area contributed by atoms with E-state index in [1.807, 2.05) is 30.6 Å². The minimum Gasteiger partial charge on any atom is -0.347 e. The Bertz CT molecular complexity index is 676. The Morgan fingerprint density at radius 3 is 2.95 bits per heavy atom. The number of H-pyrrole nitrogens is 1. The maximum absolute atomic E-state index is 4.54. The van der Waals surface area contributed by atoms with Gasteiger partial charge < -0.3 is 10.3 Å². The number of hydrogen-bond acceptors (Lipinski definition) is 3. The van der Waals surface area contributed by atoms with E-state index in [4.69, 9.17) is 0 Å². The molecule has 102 valence electrons. The minimum absolute atomic E-state index is 0.0575. The molecule has 3 aromatic rings. The van der Waals surface area contributed by atoms with E-state index in [-0.39, 0.29) is 6.04 Å². The summed E-state index contributed by atoms with van der Waals surface area (Å²) in [5.74, 6) is 0.926. The predicted octanol–water partition coefficient (Wildman–Crippen LogP) is 3.05. The Morgan fingerprint density at radius 1 is 1.25 bits per heavy atom. The van der Waals surface area contributed by atoms with Crippen LogP contribution in [0.5, 0.6) is 0 Å². The summed E-state index contributed by atoms with van der Waals surface area (Å²) in [6, 6.07) is 10.4. The van der Waals surface area contributed by atoms with Crippen molar-refractivity contribution in [3.8, 4) is 0 Å². The number of pyridine rings is 1. The number of fused-ring (bicyclic) bond motifs is 1. The summed E-state index contributed by atoms with van der Waals surface area (Å²) in [5, 5.41) is 4.67. The number of imidazole rings is 1. The Morgan fingerprint density at radius 2 is 2.15 bits per heavy atom. The second kappa shape index (κ2) is 5.84. The molecule has 4 heteroatoms. The van der Waals surface area contributed by atoms with Gasteiger partial charge in [0.25, 0.3) is 0 Å². The van der Waals surface area contributed by atoms with E-state index < -0.39 is 0 Å². The SMILES string of the molecule is CCCNC(c1cnc2ccccc2c1)c1ncc[nH]1. The lowest BCUT2D eigenvalue weighted by atomic mass is 10.1. The zero-order valence-corrected chi connectivity index (χ0v) is 11.5. The molecule has 20 heavy (non-hydrogen) atoms. The standard InChI is InChI=1S/C16H18N4/c1-2-7-17-15(16-18-8-9-19-16)13-10-12-5-3-4-6-14(12)20-11-13/h3-6,8-11,15,17H,2,7H2,1H3,(H,18,19). The molecule has 0 saturated heterocycles. The van der Waals surface area contributed by atoms with Crippen molar-refractivity contribution in [1.29, 1.82) is 0 Å². The Balaban J connectivity index is 1.99. The summed E-state index contributed by atoms with van der Waals surface area (Å²) in [6.07, 6.45) is 6.64. The maximum atomic E-state index is 4.54. The van der Waals surface area contributed by atoms with Gasteiger partial charge in [0.1, 0.15) is 5.82 Å². The fourth-order valence-corrected chi connectivity index (χ4v) is 2.34. The molecule has 0 aliphatic rings.